The second-order valence-corrected chi connectivity index (χ2v) is 6.89. The van der Waals surface area contributed by atoms with Gasteiger partial charge in [0.2, 0.25) is 0 Å². The number of aryl methyl sites for hydroxylation is 1. The minimum atomic E-state index is -0.592. The molecule has 3 rings (SSSR count). The van der Waals surface area contributed by atoms with Gasteiger partial charge in [-0.3, -0.25) is 9.59 Å². The number of hydrogen-bond acceptors (Lipinski definition) is 3. The van der Waals surface area contributed by atoms with Crippen molar-refractivity contribution in [1.82, 2.24) is 10.2 Å². The van der Waals surface area contributed by atoms with E-state index in [4.69, 9.17) is 0 Å². The molecule has 1 aliphatic rings. The standard InChI is InChI=1S/C21H24FN3O2.ClH/c1-14-6-5-8-17(21(27)25-11-10-15(13-25)12-23-2)19(14)24-20(26)16-7-3-4-9-18(16)22;/h3-9,15,23H,10-13H2,1-2H3,(H,24,26);1H. The maximum Gasteiger partial charge on any atom is 0.258 e. The van der Waals surface area contributed by atoms with E-state index in [1.807, 2.05) is 24.9 Å². The number of nitrogens with zero attached hydrogens (tertiary/aromatic N) is 1. The van der Waals surface area contributed by atoms with E-state index in [0.29, 0.717) is 30.3 Å². The van der Waals surface area contributed by atoms with Crippen LogP contribution in [0.1, 0.15) is 32.7 Å². The number of nitrogens with one attached hydrogen (secondary N) is 2. The lowest BCUT2D eigenvalue weighted by atomic mass is 10.1. The van der Waals surface area contributed by atoms with Crippen LogP contribution in [0, 0.1) is 18.7 Å². The van der Waals surface area contributed by atoms with Crippen molar-refractivity contribution in [3.05, 3.63) is 65.0 Å². The van der Waals surface area contributed by atoms with Crippen molar-refractivity contribution in [3.8, 4) is 0 Å². The summed E-state index contributed by atoms with van der Waals surface area (Å²) in [6.45, 7) is 4.07. The van der Waals surface area contributed by atoms with Gasteiger partial charge in [-0.1, -0.05) is 24.3 Å². The molecule has 2 aromatic carbocycles. The third-order valence-electron chi connectivity index (χ3n) is 4.93. The zero-order valence-electron chi connectivity index (χ0n) is 16.0. The molecule has 2 amide bonds. The van der Waals surface area contributed by atoms with Crippen LogP contribution < -0.4 is 10.6 Å². The summed E-state index contributed by atoms with van der Waals surface area (Å²) in [6, 6.07) is 11.1. The van der Waals surface area contributed by atoms with Crippen molar-refractivity contribution in [2.45, 2.75) is 13.3 Å². The Balaban J connectivity index is 0.00000280. The summed E-state index contributed by atoms with van der Waals surface area (Å²) >= 11 is 0. The maximum absolute atomic E-state index is 13.9. The van der Waals surface area contributed by atoms with Crippen LogP contribution in [-0.4, -0.2) is 43.4 Å². The molecule has 0 bridgehead atoms. The number of carbonyl (C=O) groups is 2. The Morgan fingerprint density at radius 1 is 1.14 bits per heavy atom. The summed E-state index contributed by atoms with van der Waals surface area (Å²) in [5, 5.41) is 5.89. The van der Waals surface area contributed by atoms with Gasteiger partial charge >= 0.3 is 0 Å². The number of carbonyl (C=O) groups excluding carboxylic acids is 2. The normalized spacial score (nSPS) is 15.8. The molecule has 1 fully saturated rings. The molecule has 2 aromatic rings. The Kier molecular flexibility index (Phi) is 7.54. The molecule has 150 valence electrons. The average molecular weight is 406 g/mol. The lowest BCUT2D eigenvalue weighted by Crippen LogP contribution is -2.31. The summed E-state index contributed by atoms with van der Waals surface area (Å²) in [7, 11) is 1.90. The Morgan fingerprint density at radius 3 is 2.57 bits per heavy atom. The number of hydrogen-bond donors (Lipinski definition) is 2. The van der Waals surface area contributed by atoms with Gasteiger partial charge in [0.05, 0.1) is 16.8 Å². The van der Waals surface area contributed by atoms with Crippen LogP contribution in [0.25, 0.3) is 0 Å². The first-order valence-electron chi connectivity index (χ1n) is 9.10. The zero-order chi connectivity index (χ0) is 19.4. The van der Waals surface area contributed by atoms with Crippen molar-refractivity contribution < 1.29 is 14.0 Å². The molecule has 0 spiro atoms. The molecule has 5 nitrogen and oxygen atoms in total. The first kappa shape index (κ1) is 21.9. The predicted octanol–water partition coefficient (Wildman–Crippen LogP) is 3.49. The number of likely N-dealkylation sites (tertiary alicyclic amines) is 1. The Labute approximate surface area is 170 Å². The van der Waals surface area contributed by atoms with Gasteiger partial charge < -0.3 is 15.5 Å². The van der Waals surface area contributed by atoms with Gasteiger partial charge in [-0.2, -0.15) is 0 Å². The molecular formula is C21H25ClFN3O2. The summed E-state index contributed by atoms with van der Waals surface area (Å²) in [5.41, 5.74) is 1.59. The minimum Gasteiger partial charge on any atom is -0.338 e. The lowest BCUT2D eigenvalue weighted by Gasteiger charge is -2.20. The van der Waals surface area contributed by atoms with Crippen molar-refractivity contribution in [2.24, 2.45) is 5.92 Å². The third kappa shape index (κ3) is 4.69. The van der Waals surface area contributed by atoms with Gasteiger partial charge in [-0.15, -0.1) is 12.4 Å². The highest BCUT2D eigenvalue weighted by Gasteiger charge is 2.28. The van der Waals surface area contributed by atoms with Crippen LogP contribution in [0.15, 0.2) is 42.5 Å². The SMILES string of the molecule is CNCC1CCN(C(=O)c2cccc(C)c2NC(=O)c2ccccc2F)C1.Cl. The number of benzene rings is 2. The monoisotopic (exact) mass is 405 g/mol. The summed E-state index contributed by atoms with van der Waals surface area (Å²) in [4.78, 5) is 27.4. The fourth-order valence-electron chi connectivity index (χ4n) is 3.48. The molecule has 2 N–H and O–H groups in total. The van der Waals surface area contributed by atoms with Crippen LogP contribution in [-0.2, 0) is 0 Å². The fourth-order valence-corrected chi connectivity index (χ4v) is 3.48. The fraction of sp³-hybridized carbons (Fsp3) is 0.333. The Bertz CT molecular complexity index is 859. The van der Waals surface area contributed by atoms with Crippen LogP contribution in [0.5, 0.6) is 0 Å². The number of halogens is 2. The number of anilines is 1. The molecular weight excluding hydrogens is 381 g/mol. The molecule has 0 aliphatic carbocycles. The molecule has 0 aromatic heterocycles. The quantitative estimate of drug-likeness (QED) is 0.800. The van der Waals surface area contributed by atoms with E-state index in [9.17, 15) is 14.0 Å². The van der Waals surface area contributed by atoms with Crippen LogP contribution in [0.3, 0.4) is 0 Å². The van der Waals surface area contributed by atoms with E-state index in [1.165, 1.54) is 18.2 Å². The minimum absolute atomic E-state index is 0. The molecule has 1 aliphatic heterocycles. The largest absolute Gasteiger partial charge is 0.338 e. The van der Waals surface area contributed by atoms with Crippen molar-refractivity contribution in [3.63, 3.8) is 0 Å². The highest BCUT2D eigenvalue weighted by Crippen LogP contribution is 2.26. The number of amides is 2. The molecule has 7 heteroatoms. The van der Waals surface area contributed by atoms with Gasteiger partial charge in [0.25, 0.3) is 11.8 Å². The Hall–Kier alpha value is -2.44. The average Bonchev–Trinajstić information content (AvgIpc) is 3.12. The lowest BCUT2D eigenvalue weighted by molar-refractivity contribution is 0.0788. The molecule has 1 heterocycles. The van der Waals surface area contributed by atoms with Gasteiger partial charge in [-0.05, 0) is 56.6 Å². The Morgan fingerprint density at radius 2 is 1.86 bits per heavy atom. The van der Waals surface area contributed by atoms with E-state index in [2.05, 4.69) is 10.6 Å². The number of rotatable bonds is 5. The van der Waals surface area contributed by atoms with Gasteiger partial charge in [0.1, 0.15) is 5.82 Å². The van der Waals surface area contributed by atoms with Crippen molar-refractivity contribution in [1.29, 1.82) is 0 Å². The molecule has 1 unspecified atom stereocenters. The van der Waals surface area contributed by atoms with Crippen LogP contribution >= 0.6 is 12.4 Å². The van der Waals surface area contributed by atoms with E-state index >= 15 is 0 Å². The van der Waals surface area contributed by atoms with E-state index < -0.39 is 11.7 Å². The smallest absolute Gasteiger partial charge is 0.258 e. The van der Waals surface area contributed by atoms with Crippen molar-refractivity contribution in [2.75, 3.05) is 32.0 Å². The molecule has 1 atom stereocenters. The topological polar surface area (TPSA) is 61.4 Å². The first-order valence-corrected chi connectivity index (χ1v) is 9.10. The van der Waals surface area contributed by atoms with Gasteiger partial charge in [0.15, 0.2) is 0 Å². The highest BCUT2D eigenvalue weighted by atomic mass is 35.5. The van der Waals surface area contributed by atoms with Crippen LogP contribution in [0.2, 0.25) is 0 Å². The van der Waals surface area contributed by atoms with E-state index in [1.54, 1.807) is 18.2 Å². The van der Waals surface area contributed by atoms with Gasteiger partial charge in [0, 0.05) is 13.1 Å². The molecule has 0 saturated carbocycles. The van der Waals surface area contributed by atoms with E-state index in [-0.39, 0.29) is 23.9 Å². The number of para-hydroxylation sites is 1. The summed E-state index contributed by atoms with van der Waals surface area (Å²) in [6.07, 6.45) is 0.954. The summed E-state index contributed by atoms with van der Waals surface area (Å²) in [5.74, 6) is -0.835. The second-order valence-electron chi connectivity index (χ2n) is 6.89. The zero-order valence-corrected chi connectivity index (χ0v) is 16.8. The maximum atomic E-state index is 13.9. The molecule has 0 radical (unpaired) electrons. The molecule has 28 heavy (non-hydrogen) atoms. The van der Waals surface area contributed by atoms with E-state index in [0.717, 1.165) is 18.5 Å². The second kappa shape index (κ2) is 9.66. The van der Waals surface area contributed by atoms with Gasteiger partial charge in [-0.25, -0.2) is 4.39 Å². The first-order chi connectivity index (χ1) is 13.0. The molecule has 1 saturated heterocycles. The van der Waals surface area contributed by atoms with Crippen molar-refractivity contribution >= 4 is 29.9 Å². The summed E-state index contributed by atoms with van der Waals surface area (Å²) < 4.78 is 13.9. The highest BCUT2D eigenvalue weighted by molar-refractivity contribution is 6.09. The third-order valence-corrected chi connectivity index (χ3v) is 4.93. The predicted molar refractivity (Wildman–Crippen MR) is 111 cm³/mol. The van der Waals surface area contributed by atoms with Crippen LogP contribution in [0.4, 0.5) is 10.1 Å².